The Kier molecular flexibility index (Phi) is 6.15. The number of aromatic amines is 1. The molecule has 1 saturated heterocycles. The van der Waals surface area contributed by atoms with Gasteiger partial charge >= 0.3 is 0 Å². The van der Waals surface area contributed by atoms with Gasteiger partial charge in [-0.05, 0) is 67.3 Å². The molecule has 0 saturated carbocycles. The lowest BCUT2D eigenvalue weighted by molar-refractivity contribution is -0.119. The fourth-order valence-corrected chi connectivity index (χ4v) is 4.97. The second-order valence-electron chi connectivity index (χ2n) is 8.92. The molecule has 1 aliphatic rings. The zero-order valence-corrected chi connectivity index (χ0v) is 19.3. The van der Waals surface area contributed by atoms with Crippen LogP contribution in [0.15, 0.2) is 48.9 Å². The number of fused-ring (bicyclic) bond motifs is 2. The SMILES string of the molecule is COCCN1CCCC1Cc1c[nH]c2ccc(-n3cnc4cc(CNC(C)=O)ccc43)cc12. The van der Waals surface area contributed by atoms with Crippen LogP contribution in [0.5, 0.6) is 0 Å². The number of likely N-dealkylation sites (tertiary alicyclic amines) is 1. The molecule has 4 aromatic rings. The first-order valence-electron chi connectivity index (χ1n) is 11.7. The van der Waals surface area contributed by atoms with Crippen LogP contribution in [0.1, 0.15) is 30.9 Å². The molecule has 7 heteroatoms. The smallest absolute Gasteiger partial charge is 0.217 e. The van der Waals surface area contributed by atoms with Crippen LogP contribution in [-0.4, -0.2) is 58.2 Å². The molecule has 7 nitrogen and oxygen atoms in total. The van der Waals surface area contributed by atoms with E-state index in [0.29, 0.717) is 12.6 Å². The summed E-state index contributed by atoms with van der Waals surface area (Å²) in [4.78, 5) is 21.9. The van der Waals surface area contributed by atoms with Crippen molar-refractivity contribution in [3.63, 3.8) is 0 Å². The van der Waals surface area contributed by atoms with Crippen molar-refractivity contribution in [2.24, 2.45) is 0 Å². The van der Waals surface area contributed by atoms with E-state index in [4.69, 9.17) is 4.74 Å². The van der Waals surface area contributed by atoms with Gasteiger partial charge in [-0.1, -0.05) is 6.07 Å². The third-order valence-corrected chi connectivity index (χ3v) is 6.72. The summed E-state index contributed by atoms with van der Waals surface area (Å²) < 4.78 is 7.44. The van der Waals surface area contributed by atoms with Crippen LogP contribution < -0.4 is 5.32 Å². The van der Waals surface area contributed by atoms with E-state index in [2.05, 4.69) is 55.2 Å². The number of imidazole rings is 1. The van der Waals surface area contributed by atoms with Crippen molar-refractivity contribution in [2.75, 3.05) is 26.8 Å². The van der Waals surface area contributed by atoms with E-state index in [0.717, 1.165) is 53.9 Å². The highest BCUT2D eigenvalue weighted by Crippen LogP contribution is 2.28. The minimum Gasteiger partial charge on any atom is -0.383 e. The fourth-order valence-electron chi connectivity index (χ4n) is 4.97. The average Bonchev–Trinajstić information content (AvgIpc) is 3.54. The van der Waals surface area contributed by atoms with Gasteiger partial charge in [0, 0.05) is 56.0 Å². The second kappa shape index (κ2) is 9.37. The summed E-state index contributed by atoms with van der Waals surface area (Å²) in [5.41, 5.74) is 6.65. The van der Waals surface area contributed by atoms with E-state index in [1.807, 2.05) is 18.5 Å². The van der Waals surface area contributed by atoms with Gasteiger partial charge in [0.15, 0.2) is 0 Å². The summed E-state index contributed by atoms with van der Waals surface area (Å²) in [6.45, 7) is 4.99. The molecule has 2 N–H and O–H groups in total. The van der Waals surface area contributed by atoms with Crippen molar-refractivity contribution in [3.05, 3.63) is 60.0 Å². The third kappa shape index (κ3) is 4.51. The molecular formula is C26H31N5O2. The topological polar surface area (TPSA) is 75.2 Å². The van der Waals surface area contributed by atoms with E-state index >= 15 is 0 Å². The molecule has 1 aliphatic heterocycles. The van der Waals surface area contributed by atoms with Crippen LogP contribution in [0.4, 0.5) is 0 Å². The van der Waals surface area contributed by atoms with Gasteiger partial charge in [0.2, 0.25) is 5.91 Å². The molecule has 2 aromatic carbocycles. The average molecular weight is 446 g/mol. The molecule has 0 radical (unpaired) electrons. The van der Waals surface area contributed by atoms with E-state index < -0.39 is 0 Å². The van der Waals surface area contributed by atoms with Gasteiger partial charge in [-0.15, -0.1) is 0 Å². The molecule has 1 fully saturated rings. The zero-order chi connectivity index (χ0) is 22.8. The van der Waals surface area contributed by atoms with Gasteiger partial charge in [0.05, 0.1) is 17.6 Å². The molecular weight excluding hydrogens is 414 g/mol. The molecule has 0 spiro atoms. The van der Waals surface area contributed by atoms with E-state index in [1.165, 1.54) is 30.7 Å². The lowest BCUT2D eigenvalue weighted by atomic mass is 10.0. The summed E-state index contributed by atoms with van der Waals surface area (Å²) in [5.74, 6) is -0.0318. The van der Waals surface area contributed by atoms with Crippen molar-refractivity contribution in [1.82, 2.24) is 24.8 Å². The van der Waals surface area contributed by atoms with Crippen molar-refractivity contribution < 1.29 is 9.53 Å². The number of benzene rings is 2. The number of ether oxygens (including phenoxy) is 1. The number of nitrogens with one attached hydrogen (secondary N) is 2. The van der Waals surface area contributed by atoms with Crippen molar-refractivity contribution in [2.45, 2.75) is 38.8 Å². The van der Waals surface area contributed by atoms with E-state index in [-0.39, 0.29) is 5.91 Å². The first-order valence-corrected chi connectivity index (χ1v) is 11.7. The number of nitrogens with zero attached hydrogens (tertiary/aromatic N) is 3. The number of hydrogen-bond acceptors (Lipinski definition) is 4. The Hall–Kier alpha value is -3.16. The molecule has 1 atom stereocenters. The monoisotopic (exact) mass is 445 g/mol. The Labute approximate surface area is 193 Å². The largest absolute Gasteiger partial charge is 0.383 e. The van der Waals surface area contributed by atoms with Gasteiger partial charge in [-0.2, -0.15) is 0 Å². The quantitative estimate of drug-likeness (QED) is 0.433. The Morgan fingerprint density at radius 3 is 3.03 bits per heavy atom. The molecule has 1 amide bonds. The van der Waals surface area contributed by atoms with Crippen molar-refractivity contribution in [1.29, 1.82) is 0 Å². The Bertz CT molecular complexity index is 1270. The highest BCUT2D eigenvalue weighted by molar-refractivity contribution is 5.86. The number of carbonyl (C=O) groups is 1. The number of hydrogen-bond donors (Lipinski definition) is 2. The Morgan fingerprint density at radius 2 is 2.18 bits per heavy atom. The number of amides is 1. The van der Waals surface area contributed by atoms with Gasteiger partial charge in [0.1, 0.15) is 6.33 Å². The van der Waals surface area contributed by atoms with E-state index in [1.54, 1.807) is 7.11 Å². The zero-order valence-electron chi connectivity index (χ0n) is 19.3. The normalized spacial score (nSPS) is 16.7. The van der Waals surface area contributed by atoms with Crippen LogP contribution in [-0.2, 0) is 22.5 Å². The summed E-state index contributed by atoms with van der Waals surface area (Å²) in [6, 6.07) is 13.3. The van der Waals surface area contributed by atoms with Gasteiger partial charge in [-0.3, -0.25) is 14.3 Å². The van der Waals surface area contributed by atoms with Crippen LogP contribution in [0, 0.1) is 0 Å². The maximum Gasteiger partial charge on any atom is 0.217 e. The molecule has 2 aromatic heterocycles. The molecule has 172 valence electrons. The lowest BCUT2D eigenvalue weighted by Crippen LogP contribution is -2.33. The molecule has 3 heterocycles. The minimum absolute atomic E-state index is 0.0318. The molecule has 5 rings (SSSR count). The maximum absolute atomic E-state index is 11.2. The first-order chi connectivity index (χ1) is 16.1. The predicted octanol–water partition coefficient (Wildman–Crippen LogP) is 3.80. The molecule has 33 heavy (non-hydrogen) atoms. The number of H-pyrrole nitrogens is 1. The van der Waals surface area contributed by atoms with Gasteiger partial charge in [-0.25, -0.2) is 4.98 Å². The molecule has 0 aliphatic carbocycles. The molecule has 0 bridgehead atoms. The number of aromatic nitrogens is 3. The minimum atomic E-state index is -0.0318. The third-order valence-electron chi connectivity index (χ3n) is 6.72. The van der Waals surface area contributed by atoms with Crippen LogP contribution in [0.25, 0.3) is 27.6 Å². The molecule has 1 unspecified atom stereocenters. The van der Waals surface area contributed by atoms with Gasteiger partial charge in [0.25, 0.3) is 0 Å². The number of methoxy groups -OCH3 is 1. The maximum atomic E-state index is 11.2. The first kappa shape index (κ1) is 21.7. The highest BCUT2D eigenvalue weighted by Gasteiger charge is 2.25. The van der Waals surface area contributed by atoms with Crippen LogP contribution in [0.3, 0.4) is 0 Å². The number of rotatable bonds is 8. The van der Waals surface area contributed by atoms with Crippen molar-refractivity contribution >= 4 is 27.8 Å². The standard InChI is InChI=1S/C26H31N5O2/c1-18(32)27-15-19-5-8-26-25(12-19)29-17-31(26)22-6-7-24-23(14-22)20(16-28-24)13-21-4-3-9-30(21)10-11-33-2/h5-8,12,14,16-17,21,28H,3-4,9-11,13,15H2,1-2H3,(H,27,32). The van der Waals surface area contributed by atoms with Gasteiger partial charge < -0.3 is 15.0 Å². The summed E-state index contributed by atoms with van der Waals surface area (Å²) >= 11 is 0. The van der Waals surface area contributed by atoms with Crippen molar-refractivity contribution in [3.8, 4) is 5.69 Å². The fraction of sp³-hybridized carbons (Fsp3) is 0.385. The highest BCUT2D eigenvalue weighted by atomic mass is 16.5. The predicted molar refractivity (Wildman–Crippen MR) is 131 cm³/mol. The summed E-state index contributed by atoms with van der Waals surface area (Å²) in [7, 11) is 1.77. The lowest BCUT2D eigenvalue weighted by Gasteiger charge is -2.23. The van der Waals surface area contributed by atoms with Crippen LogP contribution >= 0.6 is 0 Å². The summed E-state index contributed by atoms with van der Waals surface area (Å²) in [6.07, 6.45) is 7.59. The Balaban J connectivity index is 1.41. The summed E-state index contributed by atoms with van der Waals surface area (Å²) in [5, 5.41) is 4.12. The number of carbonyl (C=O) groups excluding carboxylic acids is 1. The second-order valence-corrected chi connectivity index (χ2v) is 8.92. The van der Waals surface area contributed by atoms with Crippen LogP contribution in [0.2, 0.25) is 0 Å². The van der Waals surface area contributed by atoms with E-state index in [9.17, 15) is 4.79 Å². The Morgan fingerprint density at radius 1 is 1.27 bits per heavy atom.